The maximum absolute atomic E-state index is 10.4. The normalized spacial score (nSPS) is 21.2. The zero-order valence-electron chi connectivity index (χ0n) is 10.8. The van der Waals surface area contributed by atoms with Crippen LogP contribution in [0.2, 0.25) is 0 Å². The van der Waals surface area contributed by atoms with Gasteiger partial charge in [-0.3, -0.25) is 4.79 Å². The fourth-order valence-corrected chi connectivity index (χ4v) is 2.49. The Kier molecular flexibility index (Phi) is 4.78. The van der Waals surface area contributed by atoms with Gasteiger partial charge in [0, 0.05) is 12.5 Å². The molecule has 94 valence electrons. The topological polar surface area (TPSA) is 40.5 Å². The van der Waals surface area contributed by atoms with Crippen molar-refractivity contribution < 1.29 is 9.90 Å². The maximum Gasteiger partial charge on any atom is 0.303 e. The maximum atomic E-state index is 10.4. The summed E-state index contributed by atoms with van der Waals surface area (Å²) in [6, 6.07) is 0.668. The van der Waals surface area contributed by atoms with E-state index in [4.69, 9.17) is 5.11 Å². The fourth-order valence-electron chi connectivity index (χ4n) is 2.49. The number of hydrogen-bond donors (Lipinski definition) is 1. The standard InChI is InChI=1S/C13H25NO2/c1-13(2)8-6-11(7-9-13)14(3)10-4-5-12(15)16/h11H,4-10H2,1-3H3,(H,15,16). The fraction of sp³-hybridized carbons (Fsp3) is 0.923. The van der Waals surface area contributed by atoms with Crippen LogP contribution in [0.3, 0.4) is 0 Å². The summed E-state index contributed by atoms with van der Waals surface area (Å²) in [6.07, 6.45) is 6.17. The molecule has 1 fully saturated rings. The molecule has 0 saturated heterocycles. The highest BCUT2D eigenvalue weighted by molar-refractivity contribution is 5.66. The first-order valence-corrected chi connectivity index (χ1v) is 6.33. The molecule has 0 aromatic rings. The summed E-state index contributed by atoms with van der Waals surface area (Å²) in [5.41, 5.74) is 0.512. The number of carboxylic acid groups (broad SMARTS) is 1. The summed E-state index contributed by atoms with van der Waals surface area (Å²) in [4.78, 5) is 12.8. The molecular formula is C13H25NO2. The highest BCUT2D eigenvalue weighted by Crippen LogP contribution is 2.36. The van der Waals surface area contributed by atoms with Gasteiger partial charge < -0.3 is 10.0 Å². The third-order valence-electron chi connectivity index (χ3n) is 3.83. The predicted molar refractivity (Wildman–Crippen MR) is 65.5 cm³/mol. The molecule has 1 N–H and O–H groups in total. The predicted octanol–water partition coefficient (Wildman–Crippen LogP) is 2.75. The Balaban J connectivity index is 2.22. The molecule has 1 saturated carbocycles. The van der Waals surface area contributed by atoms with Crippen LogP contribution in [0.4, 0.5) is 0 Å². The number of carbonyl (C=O) groups is 1. The van der Waals surface area contributed by atoms with E-state index in [0.29, 0.717) is 17.9 Å². The molecule has 1 rings (SSSR count). The van der Waals surface area contributed by atoms with Gasteiger partial charge in [0.25, 0.3) is 0 Å². The quantitative estimate of drug-likeness (QED) is 0.785. The van der Waals surface area contributed by atoms with Gasteiger partial charge in [-0.25, -0.2) is 0 Å². The Morgan fingerprint density at radius 2 is 1.94 bits per heavy atom. The second-order valence-electron chi connectivity index (χ2n) is 5.87. The first-order chi connectivity index (χ1) is 7.41. The van der Waals surface area contributed by atoms with E-state index >= 15 is 0 Å². The second kappa shape index (κ2) is 5.67. The Morgan fingerprint density at radius 1 is 1.38 bits per heavy atom. The molecule has 0 aromatic carbocycles. The summed E-state index contributed by atoms with van der Waals surface area (Å²) >= 11 is 0. The molecule has 0 bridgehead atoms. The van der Waals surface area contributed by atoms with Crippen molar-refractivity contribution in [2.24, 2.45) is 5.41 Å². The third-order valence-corrected chi connectivity index (χ3v) is 3.83. The van der Waals surface area contributed by atoms with Crippen molar-refractivity contribution in [3.63, 3.8) is 0 Å². The van der Waals surface area contributed by atoms with Crippen LogP contribution in [-0.4, -0.2) is 35.6 Å². The highest BCUT2D eigenvalue weighted by atomic mass is 16.4. The Hall–Kier alpha value is -0.570. The monoisotopic (exact) mass is 227 g/mol. The van der Waals surface area contributed by atoms with E-state index in [9.17, 15) is 4.79 Å². The van der Waals surface area contributed by atoms with Crippen molar-refractivity contribution in [2.45, 2.75) is 58.4 Å². The Labute approximate surface area is 98.8 Å². The van der Waals surface area contributed by atoms with Gasteiger partial charge in [0.2, 0.25) is 0 Å². The molecule has 3 heteroatoms. The van der Waals surface area contributed by atoms with Crippen LogP contribution in [0.5, 0.6) is 0 Å². The van der Waals surface area contributed by atoms with Gasteiger partial charge in [0.15, 0.2) is 0 Å². The lowest BCUT2D eigenvalue weighted by Gasteiger charge is -2.38. The van der Waals surface area contributed by atoms with E-state index in [-0.39, 0.29) is 0 Å². The lowest BCUT2D eigenvalue weighted by molar-refractivity contribution is -0.137. The highest BCUT2D eigenvalue weighted by Gasteiger charge is 2.28. The van der Waals surface area contributed by atoms with E-state index in [1.807, 2.05) is 0 Å². The minimum absolute atomic E-state index is 0.294. The lowest BCUT2D eigenvalue weighted by atomic mass is 9.75. The van der Waals surface area contributed by atoms with Crippen LogP contribution in [-0.2, 0) is 4.79 Å². The smallest absolute Gasteiger partial charge is 0.303 e. The van der Waals surface area contributed by atoms with Crippen LogP contribution in [0.15, 0.2) is 0 Å². The summed E-state index contributed by atoms with van der Waals surface area (Å²) in [5, 5.41) is 8.59. The molecule has 16 heavy (non-hydrogen) atoms. The Bertz CT molecular complexity index is 228. The first-order valence-electron chi connectivity index (χ1n) is 6.33. The van der Waals surface area contributed by atoms with E-state index in [0.717, 1.165) is 13.0 Å². The molecule has 0 amide bonds. The average Bonchev–Trinajstić information content (AvgIpc) is 2.16. The minimum Gasteiger partial charge on any atom is -0.481 e. The molecule has 0 spiro atoms. The molecule has 0 radical (unpaired) electrons. The van der Waals surface area contributed by atoms with Crippen LogP contribution < -0.4 is 0 Å². The molecule has 1 aliphatic rings. The molecule has 1 aliphatic carbocycles. The van der Waals surface area contributed by atoms with Gasteiger partial charge in [-0.15, -0.1) is 0 Å². The van der Waals surface area contributed by atoms with Gasteiger partial charge in [-0.1, -0.05) is 13.8 Å². The SMILES string of the molecule is CN(CCCC(=O)O)C1CCC(C)(C)CC1. The molecule has 0 atom stereocenters. The lowest BCUT2D eigenvalue weighted by Crippen LogP contribution is -2.37. The van der Waals surface area contributed by atoms with E-state index < -0.39 is 5.97 Å². The number of rotatable bonds is 5. The average molecular weight is 227 g/mol. The second-order valence-corrected chi connectivity index (χ2v) is 5.87. The molecule has 0 aromatic heterocycles. The molecule has 0 heterocycles. The summed E-state index contributed by atoms with van der Waals surface area (Å²) in [7, 11) is 2.13. The third kappa shape index (κ3) is 4.52. The zero-order valence-corrected chi connectivity index (χ0v) is 10.8. The van der Waals surface area contributed by atoms with Crippen molar-refractivity contribution in [2.75, 3.05) is 13.6 Å². The van der Waals surface area contributed by atoms with Crippen LogP contribution >= 0.6 is 0 Å². The van der Waals surface area contributed by atoms with Gasteiger partial charge in [-0.2, -0.15) is 0 Å². The van der Waals surface area contributed by atoms with E-state index in [2.05, 4.69) is 25.8 Å². The minimum atomic E-state index is -0.682. The molecule has 3 nitrogen and oxygen atoms in total. The zero-order chi connectivity index (χ0) is 12.2. The van der Waals surface area contributed by atoms with Gasteiger partial charge in [0.1, 0.15) is 0 Å². The van der Waals surface area contributed by atoms with Crippen LogP contribution in [0.1, 0.15) is 52.4 Å². The van der Waals surface area contributed by atoms with Crippen molar-refractivity contribution in [3.05, 3.63) is 0 Å². The van der Waals surface area contributed by atoms with Crippen molar-refractivity contribution in [1.82, 2.24) is 4.90 Å². The van der Waals surface area contributed by atoms with Gasteiger partial charge in [-0.05, 0) is 51.1 Å². The summed E-state index contributed by atoms with van der Waals surface area (Å²) < 4.78 is 0. The number of aliphatic carboxylic acids is 1. The first kappa shape index (κ1) is 13.5. The van der Waals surface area contributed by atoms with E-state index in [1.54, 1.807) is 0 Å². The summed E-state index contributed by atoms with van der Waals surface area (Å²) in [5.74, 6) is -0.682. The number of carboxylic acids is 1. The number of nitrogens with zero attached hydrogens (tertiary/aromatic N) is 1. The van der Waals surface area contributed by atoms with Gasteiger partial charge >= 0.3 is 5.97 Å². The van der Waals surface area contributed by atoms with Crippen molar-refractivity contribution >= 4 is 5.97 Å². The number of hydrogen-bond acceptors (Lipinski definition) is 2. The van der Waals surface area contributed by atoms with Crippen molar-refractivity contribution in [1.29, 1.82) is 0 Å². The summed E-state index contributed by atoms with van der Waals surface area (Å²) in [6.45, 7) is 5.60. The molecule has 0 unspecified atom stereocenters. The van der Waals surface area contributed by atoms with Crippen LogP contribution in [0, 0.1) is 5.41 Å². The van der Waals surface area contributed by atoms with Crippen LogP contribution in [0.25, 0.3) is 0 Å². The van der Waals surface area contributed by atoms with Crippen molar-refractivity contribution in [3.8, 4) is 0 Å². The molecule has 0 aliphatic heterocycles. The van der Waals surface area contributed by atoms with Gasteiger partial charge in [0.05, 0.1) is 0 Å². The van der Waals surface area contributed by atoms with E-state index in [1.165, 1.54) is 25.7 Å². The Morgan fingerprint density at radius 3 is 2.44 bits per heavy atom. The molecular weight excluding hydrogens is 202 g/mol. The largest absolute Gasteiger partial charge is 0.481 e.